The number of hydrogen-bond donors (Lipinski definition) is 1. The molecule has 1 aromatic carbocycles. The Morgan fingerprint density at radius 2 is 2.04 bits per heavy atom. The molecule has 1 aliphatic rings. The van der Waals surface area contributed by atoms with Gasteiger partial charge in [0.05, 0.1) is 16.6 Å². The maximum absolute atomic E-state index is 12.6. The van der Waals surface area contributed by atoms with Gasteiger partial charge >= 0.3 is 0 Å². The highest BCUT2D eigenvalue weighted by atomic mass is 32.2. The lowest BCUT2D eigenvalue weighted by atomic mass is 10.2. The van der Waals surface area contributed by atoms with E-state index in [4.69, 9.17) is 4.74 Å². The van der Waals surface area contributed by atoms with Gasteiger partial charge in [-0.25, -0.2) is 12.4 Å². The van der Waals surface area contributed by atoms with Crippen LogP contribution < -0.4 is 5.32 Å². The van der Waals surface area contributed by atoms with Crippen LogP contribution in [0.5, 0.6) is 0 Å². The first kappa shape index (κ1) is 16.7. The number of ether oxygens (including phenoxy) is 1. The second-order valence-corrected chi connectivity index (χ2v) is 7.74. The maximum atomic E-state index is 12.6. The highest BCUT2D eigenvalue weighted by Gasteiger charge is 2.20. The summed E-state index contributed by atoms with van der Waals surface area (Å²) in [6.07, 6.45) is 4.71. The second-order valence-electron chi connectivity index (χ2n) is 5.89. The first-order valence-electron chi connectivity index (χ1n) is 7.87. The predicted molar refractivity (Wildman–Crippen MR) is 89.5 cm³/mol. The minimum Gasteiger partial charge on any atom is -0.376 e. The van der Waals surface area contributed by atoms with Crippen molar-refractivity contribution in [3.8, 4) is 0 Å². The first-order chi connectivity index (χ1) is 11.5. The highest BCUT2D eigenvalue weighted by Crippen LogP contribution is 2.16. The van der Waals surface area contributed by atoms with Gasteiger partial charge in [0.25, 0.3) is 15.9 Å². The number of rotatable bonds is 5. The maximum Gasteiger partial charge on any atom is 0.267 e. The van der Waals surface area contributed by atoms with Gasteiger partial charge < -0.3 is 10.1 Å². The Morgan fingerprint density at radius 1 is 1.29 bits per heavy atom. The van der Waals surface area contributed by atoms with E-state index in [0.717, 1.165) is 29.0 Å². The molecule has 0 unspecified atom stereocenters. The van der Waals surface area contributed by atoms with Crippen LogP contribution in [0.1, 0.15) is 28.8 Å². The zero-order valence-electron chi connectivity index (χ0n) is 13.4. The fourth-order valence-electron chi connectivity index (χ4n) is 2.61. The van der Waals surface area contributed by atoms with Crippen LogP contribution in [0.25, 0.3) is 0 Å². The summed E-state index contributed by atoms with van der Waals surface area (Å²) in [6.45, 7) is 3.06. The molecule has 1 saturated heterocycles. The van der Waals surface area contributed by atoms with Gasteiger partial charge in [-0.05, 0) is 38.0 Å². The monoisotopic (exact) mass is 348 g/mol. The van der Waals surface area contributed by atoms with E-state index in [9.17, 15) is 13.2 Å². The molecule has 128 valence electrons. The molecule has 0 bridgehead atoms. The van der Waals surface area contributed by atoms with E-state index in [2.05, 4.69) is 5.32 Å². The average molecular weight is 348 g/mol. The molecule has 1 atom stereocenters. The Labute approximate surface area is 141 Å². The lowest BCUT2D eigenvalue weighted by Gasteiger charge is -2.10. The number of carbonyl (C=O) groups excluding carboxylic acids is 1. The Bertz CT molecular complexity index is 819. The smallest absolute Gasteiger partial charge is 0.267 e. The summed E-state index contributed by atoms with van der Waals surface area (Å²) >= 11 is 0. The van der Waals surface area contributed by atoms with E-state index in [1.165, 1.54) is 18.5 Å². The molecule has 0 spiro atoms. The molecule has 6 nitrogen and oxygen atoms in total. The molecule has 1 aromatic heterocycles. The number of amides is 1. The average Bonchev–Trinajstić information content (AvgIpc) is 3.25. The Balaban J connectivity index is 1.72. The van der Waals surface area contributed by atoms with Crippen molar-refractivity contribution >= 4 is 15.9 Å². The van der Waals surface area contributed by atoms with Gasteiger partial charge in [-0.2, -0.15) is 0 Å². The minimum absolute atomic E-state index is 0.0485. The molecule has 0 aliphatic carbocycles. The number of nitrogens with zero attached hydrogens (tertiary/aromatic N) is 1. The van der Waals surface area contributed by atoms with Crippen LogP contribution in [0.15, 0.2) is 47.6 Å². The molecule has 1 aliphatic heterocycles. The van der Waals surface area contributed by atoms with Crippen molar-refractivity contribution in [1.82, 2.24) is 9.29 Å². The fourth-order valence-corrected chi connectivity index (χ4v) is 3.80. The topological polar surface area (TPSA) is 77.4 Å². The van der Waals surface area contributed by atoms with Gasteiger partial charge in [-0.15, -0.1) is 0 Å². The zero-order chi connectivity index (χ0) is 17.2. The van der Waals surface area contributed by atoms with Crippen molar-refractivity contribution in [1.29, 1.82) is 0 Å². The molecule has 3 rings (SSSR count). The lowest BCUT2D eigenvalue weighted by molar-refractivity contribution is 0.0858. The van der Waals surface area contributed by atoms with E-state index in [0.29, 0.717) is 12.1 Å². The fraction of sp³-hybridized carbons (Fsp3) is 0.353. The van der Waals surface area contributed by atoms with Gasteiger partial charge in [-0.1, -0.05) is 17.7 Å². The van der Waals surface area contributed by atoms with Crippen molar-refractivity contribution in [2.75, 3.05) is 13.2 Å². The standard InChI is InChI=1S/C17H20N2O4S/c1-13-4-6-16(7-5-13)24(21,22)19-9-8-14(12-19)17(20)18-11-15-3-2-10-23-15/h4-9,12,15H,2-3,10-11H2,1H3,(H,18,20)/t15-/m1/s1. The zero-order valence-corrected chi connectivity index (χ0v) is 14.3. The van der Waals surface area contributed by atoms with Gasteiger partial charge in [-0.3, -0.25) is 4.79 Å². The van der Waals surface area contributed by atoms with Crippen LogP contribution in [-0.2, 0) is 14.8 Å². The van der Waals surface area contributed by atoms with E-state index >= 15 is 0 Å². The van der Waals surface area contributed by atoms with Crippen LogP contribution in [0.4, 0.5) is 0 Å². The molecule has 2 heterocycles. The number of aryl methyl sites for hydroxylation is 1. The molecule has 24 heavy (non-hydrogen) atoms. The molecule has 2 aromatic rings. The summed E-state index contributed by atoms with van der Waals surface area (Å²) in [5.41, 5.74) is 1.29. The van der Waals surface area contributed by atoms with Crippen LogP contribution >= 0.6 is 0 Å². The number of hydrogen-bond acceptors (Lipinski definition) is 4. The molecule has 1 fully saturated rings. The minimum atomic E-state index is -3.69. The molecule has 0 radical (unpaired) electrons. The molecular formula is C17H20N2O4S. The van der Waals surface area contributed by atoms with E-state index in [1.807, 2.05) is 6.92 Å². The van der Waals surface area contributed by atoms with Crippen molar-refractivity contribution in [3.05, 3.63) is 53.9 Å². The predicted octanol–water partition coefficient (Wildman–Crippen LogP) is 1.94. The van der Waals surface area contributed by atoms with Gasteiger partial charge in [0.2, 0.25) is 0 Å². The summed E-state index contributed by atoms with van der Waals surface area (Å²) in [5, 5.41) is 2.78. The SMILES string of the molecule is Cc1ccc(S(=O)(=O)n2ccc(C(=O)NC[C@H]3CCCO3)c2)cc1. The van der Waals surface area contributed by atoms with Crippen LogP contribution in [0, 0.1) is 6.92 Å². The van der Waals surface area contributed by atoms with Crippen LogP contribution in [-0.4, -0.2) is 37.6 Å². The largest absolute Gasteiger partial charge is 0.376 e. The summed E-state index contributed by atoms with van der Waals surface area (Å²) in [5.74, 6) is -0.302. The van der Waals surface area contributed by atoms with Crippen molar-refractivity contribution < 1.29 is 17.9 Å². The van der Waals surface area contributed by atoms with Gasteiger partial charge in [0.1, 0.15) is 0 Å². The van der Waals surface area contributed by atoms with E-state index in [1.54, 1.807) is 24.3 Å². The normalized spacial score (nSPS) is 17.8. The van der Waals surface area contributed by atoms with Crippen molar-refractivity contribution in [3.63, 3.8) is 0 Å². The second kappa shape index (κ2) is 6.78. The van der Waals surface area contributed by atoms with Crippen molar-refractivity contribution in [2.45, 2.75) is 30.8 Å². The van der Waals surface area contributed by atoms with Crippen LogP contribution in [0.3, 0.4) is 0 Å². The number of benzene rings is 1. The van der Waals surface area contributed by atoms with Gasteiger partial charge in [0, 0.05) is 25.5 Å². The van der Waals surface area contributed by atoms with E-state index < -0.39 is 10.0 Å². The number of nitrogens with one attached hydrogen (secondary N) is 1. The molecule has 1 N–H and O–H groups in total. The van der Waals surface area contributed by atoms with Crippen molar-refractivity contribution in [2.24, 2.45) is 0 Å². The molecule has 0 saturated carbocycles. The first-order valence-corrected chi connectivity index (χ1v) is 9.31. The summed E-state index contributed by atoms with van der Waals surface area (Å²) < 4.78 is 31.6. The number of carbonyl (C=O) groups is 1. The summed E-state index contributed by atoms with van der Waals surface area (Å²) in [7, 11) is -3.69. The third-order valence-electron chi connectivity index (χ3n) is 4.04. The molecular weight excluding hydrogens is 328 g/mol. The van der Waals surface area contributed by atoms with Gasteiger partial charge in [0.15, 0.2) is 0 Å². The number of aromatic nitrogens is 1. The Morgan fingerprint density at radius 3 is 2.71 bits per heavy atom. The Kier molecular flexibility index (Phi) is 4.73. The van der Waals surface area contributed by atoms with E-state index in [-0.39, 0.29) is 16.9 Å². The highest BCUT2D eigenvalue weighted by molar-refractivity contribution is 7.90. The molecule has 1 amide bonds. The quantitative estimate of drug-likeness (QED) is 0.896. The van der Waals surface area contributed by atoms with Crippen LogP contribution in [0.2, 0.25) is 0 Å². The summed E-state index contributed by atoms with van der Waals surface area (Å²) in [6, 6.07) is 8.09. The Hall–Kier alpha value is -2.12. The molecule has 7 heteroatoms. The lowest BCUT2D eigenvalue weighted by Crippen LogP contribution is -2.31. The third-order valence-corrected chi connectivity index (χ3v) is 5.69. The summed E-state index contributed by atoms with van der Waals surface area (Å²) in [4.78, 5) is 12.3. The third kappa shape index (κ3) is 3.52.